The third-order valence-electron chi connectivity index (χ3n) is 4.42. The number of amides is 1. The summed E-state index contributed by atoms with van der Waals surface area (Å²) in [6, 6.07) is 0. The quantitative estimate of drug-likeness (QED) is 0.680. The molecule has 1 heterocycles. The van der Waals surface area contributed by atoms with Crippen LogP contribution in [-0.2, 0) is 4.79 Å². The van der Waals surface area contributed by atoms with Crippen LogP contribution in [0.1, 0.15) is 52.4 Å². The molecule has 1 unspecified atom stereocenters. The molecule has 0 bridgehead atoms. The lowest BCUT2D eigenvalue weighted by Crippen LogP contribution is -2.37. The van der Waals surface area contributed by atoms with Crippen LogP contribution in [-0.4, -0.2) is 43.5 Å². The maximum Gasteiger partial charge on any atom is 0.220 e. The van der Waals surface area contributed by atoms with Crippen molar-refractivity contribution in [3.63, 3.8) is 0 Å². The number of piperidine rings is 1. The lowest BCUT2D eigenvalue weighted by molar-refractivity contribution is -0.121. The van der Waals surface area contributed by atoms with Crippen molar-refractivity contribution in [3.8, 4) is 0 Å². The van der Waals surface area contributed by atoms with E-state index in [0.717, 1.165) is 32.5 Å². The van der Waals surface area contributed by atoms with Crippen LogP contribution in [0.5, 0.6) is 0 Å². The molecular weight excluding hydrogens is 250 g/mol. The zero-order chi connectivity index (χ0) is 14.8. The molecule has 0 saturated carbocycles. The minimum Gasteiger partial charge on any atom is -0.355 e. The van der Waals surface area contributed by atoms with Crippen LogP contribution in [0.2, 0.25) is 0 Å². The topological polar surface area (TPSA) is 58.4 Å². The number of likely N-dealkylation sites (tertiary alicyclic amines) is 1. The van der Waals surface area contributed by atoms with Gasteiger partial charge in [-0.15, -0.1) is 0 Å². The SMILES string of the molecule is CC(C)C(CCN)CCC(=O)NCCN1CCCCC1. The molecule has 4 heteroatoms. The van der Waals surface area contributed by atoms with E-state index in [9.17, 15) is 4.79 Å². The number of rotatable bonds is 9. The fourth-order valence-electron chi connectivity index (χ4n) is 2.97. The molecule has 1 rings (SSSR count). The summed E-state index contributed by atoms with van der Waals surface area (Å²) >= 11 is 0. The maximum atomic E-state index is 11.9. The van der Waals surface area contributed by atoms with Crippen LogP contribution in [0, 0.1) is 11.8 Å². The highest BCUT2D eigenvalue weighted by molar-refractivity contribution is 5.75. The van der Waals surface area contributed by atoms with Gasteiger partial charge >= 0.3 is 0 Å². The largest absolute Gasteiger partial charge is 0.355 e. The van der Waals surface area contributed by atoms with Crippen LogP contribution in [0.4, 0.5) is 0 Å². The number of hydrogen-bond donors (Lipinski definition) is 2. The molecule has 0 aromatic heterocycles. The number of nitrogens with one attached hydrogen (secondary N) is 1. The van der Waals surface area contributed by atoms with Gasteiger partial charge in [0.05, 0.1) is 0 Å². The molecule has 1 atom stereocenters. The normalized spacial score (nSPS) is 18.2. The molecule has 0 spiro atoms. The Morgan fingerprint density at radius 2 is 1.90 bits per heavy atom. The lowest BCUT2D eigenvalue weighted by Gasteiger charge is -2.26. The van der Waals surface area contributed by atoms with Crippen LogP contribution in [0.25, 0.3) is 0 Å². The van der Waals surface area contributed by atoms with Gasteiger partial charge in [0.25, 0.3) is 0 Å². The van der Waals surface area contributed by atoms with Gasteiger partial charge in [-0.1, -0.05) is 20.3 Å². The van der Waals surface area contributed by atoms with Gasteiger partial charge in [0.1, 0.15) is 0 Å². The molecule has 0 aliphatic carbocycles. The average Bonchev–Trinajstić information content (AvgIpc) is 2.44. The van der Waals surface area contributed by atoms with Gasteiger partial charge < -0.3 is 16.0 Å². The van der Waals surface area contributed by atoms with Crippen molar-refractivity contribution in [3.05, 3.63) is 0 Å². The van der Waals surface area contributed by atoms with Gasteiger partial charge in [0, 0.05) is 19.5 Å². The first kappa shape index (κ1) is 17.4. The third kappa shape index (κ3) is 7.25. The fourth-order valence-corrected chi connectivity index (χ4v) is 2.97. The zero-order valence-electron chi connectivity index (χ0n) is 13.4. The number of carbonyl (C=O) groups is 1. The highest BCUT2D eigenvalue weighted by Gasteiger charge is 2.14. The average molecular weight is 283 g/mol. The smallest absolute Gasteiger partial charge is 0.220 e. The van der Waals surface area contributed by atoms with Crippen molar-refractivity contribution < 1.29 is 4.79 Å². The summed E-state index contributed by atoms with van der Waals surface area (Å²) in [5.41, 5.74) is 5.63. The predicted molar refractivity (Wildman–Crippen MR) is 84.5 cm³/mol. The van der Waals surface area contributed by atoms with Crippen LogP contribution in [0.3, 0.4) is 0 Å². The van der Waals surface area contributed by atoms with Crippen molar-refractivity contribution in [2.75, 3.05) is 32.7 Å². The van der Waals surface area contributed by atoms with Crippen molar-refractivity contribution in [2.24, 2.45) is 17.6 Å². The van der Waals surface area contributed by atoms with Crippen molar-refractivity contribution in [2.45, 2.75) is 52.4 Å². The second-order valence-corrected chi connectivity index (χ2v) is 6.37. The summed E-state index contributed by atoms with van der Waals surface area (Å²) in [5.74, 6) is 1.39. The molecule has 118 valence electrons. The number of carbonyl (C=O) groups excluding carboxylic acids is 1. The summed E-state index contributed by atoms with van der Waals surface area (Å²) in [6.45, 7) is 9.34. The summed E-state index contributed by atoms with van der Waals surface area (Å²) < 4.78 is 0. The number of nitrogens with two attached hydrogens (primary N) is 1. The maximum absolute atomic E-state index is 11.9. The first-order valence-electron chi connectivity index (χ1n) is 8.32. The van der Waals surface area contributed by atoms with E-state index in [1.54, 1.807) is 0 Å². The lowest BCUT2D eigenvalue weighted by atomic mass is 9.88. The molecule has 4 nitrogen and oxygen atoms in total. The van der Waals surface area contributed by atoms with E-state index < -0.39 is 0 Å². The van der Waals surface area contributed by atoms with Crippen LogP contribution >= 0.6 is 0 Å². The monoisotopic (exact) mass is 283 g/mol. The van der Waals surface area contributed by atoms with E-state index in [4.69, 9.17) is 5.73 Å². The van der Waals surface area contributed by atoms with Crippen molar-refractivity contribution in [1.82, 2.24) is 10.2 Å². The predicted octanol–water partition coefficient (Wildman–Crippen LogP) is 1.99. The molecule has 1 saturated heterocycles. The molecule has 1 aliphatic heterocycles. The van der Waals surface area contributed by atoms with E-state index in [2.05, 4.69) is 24.1 Å². The van der Waals surface area contributed by atoms with E-state index in [-0.39, 0.29) is 5.91 Å². The molecule has 1 aliphatic rings. The minimum atomic E-state index is 0.199. The number of nitrogens with zero attached hydrogens (tertiary/aromatic N) is 1. The Morgan fingerprint density at radius 3 is 2.50 bits per heavy atom. The standard InChI is InChI=1S/C16H33N3O/c1-14(2)15(8-9-17)6-7-16(20)18-10-13-19-11-4-3-5-12-19/h14-15H,3-13,17H2,1-2H3,(H,18,20). The van der Waals surface area contributed by atoms with Gasteiger partial charge in [-0.05, 0) is 57.2 Å². The Labute approximate surface area is 124 Å². The zero-order valence-corrected chi connectivity index (χ0v) is 13.4. The Balaban J connectivity index is 2.09. The van der Waals surface area contributed by atoms with Gasteiger partial charge in [0.2, 0.25) is 5.91 Å². The van der Waals surface area contributed by atoms with E-state index in [1.165, 1.54) is 32.4 Å². The van der Waals surface area contributed by atoms with E-state index in [0.29, 0.717) is 18.3 Å². The van der Waals surface area contributed by atoms with Crippen molar-refractivity contribution >= 4 is 5.91 Å². The Bertz CT molecular complexity index is 262. The summed E-state index contributed by atoms with van der Waals surface area (Å²) in [7, 11) is 0. The Morgan fingerprint density at radius 1 is 1.20 bits per heavy atom. The van der Waals surface area contributed by atoms with Gasteiger partial charge in [-0.25, -0.2) is 0 Å². The van der Waals surface area contributed by atoms with Crippen LogP contribution in [0.15, 0.2) is 0 Å². The highest BCUT2D eigenvalue weighted by Crippen LogP contribution is 2.20. The molecule has 0 aromatic carbocycles. The second kappa shape index (κ2) is 10.2. The van der Waals surface area contributed by atoms with E-state index >= 15 is 0 Å². The molecule has 0 radical (unpaired) electrons. The summed E-state index contributed by atoms with van der Waals surface area (Å²) in [6.07, 6.45) is 6.61. The molecular formula is C16H33N3O. The first-order chi connectivity index (χ1) is 9.63. The first-order valence-corrected chi connectivity index (χ1v) is 8.32. The fraction of sp³-hybridized carbons (Fsp3) is 0.938. The summed E-state index contributed by atoms with van der Waals surface area (Å²) in [4.78, 5) is 14.3. The van der Waals surface area contributed by atoms with Crippen molar-refractivity contribution in [1.29, 1.82) is 0 Å². The molecule has 3 N–H and O–H groups in total. The molecule has 20 heavy (non-hydrogen) atoms. The molecule has 1 amide bonds. The third-order valence-corrected chi connectivity index (χ3v) is 4.42. The highest BCUT2D eigenvalue weighted by atomic mass is 16.1. The molecule has 1 fully saturated rings. The second-order valence-electron chi connectivity index (χ2n) is 6.37. The Hall–Kier alpha value is -0.610. The van der Waals surface area contributed by atoms with Gasteiger partial charge in [-0.2, -0.15) is 0 Å². The van der Waals surface area contributed by atoms with Gasteiger partial charge in [-0.3, -0.25) is 4.79 Å². The van der Waals surface area contributed by atoms with Crippen LogP contribution < -0.4 is 11.1 Å². The summed E-state index contributed by atoms with van der Waals surface area (Å²) in [5, 5.41) is 3.05. The van der Waals surface area contributed by atoms with Gasteiger partial charge in [0.15, 0.2) is 0 Å². The number of hydrogen-bond acceptors (Lipinski definition) is 3. The molecule has 0 aromatic rings. The minimum absolute atomic E-state index is 0.199. The Kier molecular flexibility index (Phi) is 8.86. The van der Waals surface area contributed by atoms with E-state index in [1.807, 2.05) is 0 Å².